The summed E-state index contributed by atoms with van der Waals surface area (Å²) in [5, 5.41) is 11.9. The monoisotopic (exact) mass is 398 g/mol. The molecule has 0 spiro atoms. The lowest BCUT2D eigenvalue weighted by Crippen LogP contribution is -2.28. The standard InChI is InChI=1S/C21H23FN4OS/c1-14(2)26-20(17-11-7-8-12-18(17)22)24-25-21(26)28-13-19(27)23-15(3)16-9-5-4-6-10-16/h4-12,14-15H,13H2,1-3H3,(H,23,27)/t15-/m1/s1. The molecule has 2 aromatic carbocycles. The number of thioether (sulfide) groups is 1. The first-order valence-electron chi connectivity index (χ1n) is 9.14. The molecule has 3 rings (SSSR count). The Balaban J connectivity index is 1.71. The molecule has 0 unspecified atom stereocenters. The van der Waals surface area contributed by atoms with E-state index in [2.05, 4.69) is 15.5 Å². The molecule has 0 fully saturated rings. The molecule has 0 saturated heterocycles. The molecule has 0 aliphatic heterocycles. The maximum absolute atomic E-state index is 14.2. The minimum atomic E-state index is -0.345. The number of rotatable bonds is 7. The van der Waals surface area contributed by atoms with Gasteiger partial charge in [0.05, 0.1) is 17.4 Å². The SMILES string of the molecule is CC(C)n1c(SCC(=O)N[C@H](C)c2ccccc2)nnc1-c1ccccc1F. The number of hydrogen-bond donors (Lipinski definition) is 1. The number of aromatic nitrogens is 3. The molecule has 3 aromatic rings. The Bertz CT molecular complexity index is 943. The lowest BCUT2D eigenvalue weighted by molar-refractivity contribution is -0.119. The van der Waals surface area contributed by atoms with Crippen LogP contribution in [0.5, 0.6) is 0 Å². The lowest BCUT2D eigenvalue weighted by atomic mass is 10.1. The number of benzene rings is 2. The van der Waals surface area contributed by atoms with Crippen molar-refractivity contribution in [3.63, 3.8) is 0 Å². The van der Waals surface area contributed by atoms with Crippen molar-refractivity contribution in [3.05, 3.63) is 66.0 Å². The molecule has 1 heterocycles. The molecule has 0 saturated carbocycles. The minimum Gasteiger partial charge on any atom is -0.349 e. The highest BCUT2D eigenvalue weighted by atomic mass is 32.2. The quantitative estimate of drug-likeness (QED) is 0.589. The Hall–Kier alpha value is -2.67. The summed E-state index contributed by atoms with van der Waals surface area (Å²) in [4.78, 5) is 12.4. The van der Waals surface area contributed by atoms with E-state index in [0.29, 0.717) is 16.5 Å². The summed E-state index contributed by atoms with van der Waals surface area (Å²) in [6, 6.07) is 16.2. The van der Waals surface area contributed by atoms with Crippen LogP contribution in [-0.2, 0) is 4.79 Å². The predicted octanol–water partition coefficient (Wildman–Crippen LogP) is 4.63. The van der Waals surface area contributed by atoms with Gasteiger partial charge in [0.2, 0.25) is 5.91 Å². The first-order valence-corrected chi connectivity index (χ1v) is 10.1. The Morgan fingerprint density at radius 2 is 1.75 bits per heavy atom. The van der Waals surface area contributed by atoms with E-state index in [-0.39, 0.29) is 29.6 Å². The second-order valence-electron chi connectivity index (χ2n) is 6.74. The zero-order valence-electron chi connectivity index (χ0n) is 16.1. The van der Waals surface area contributed by atoms with Crippen LogP contribution in [0.25, 0.3) is 11.4 Å². The van der Waals surface area contributed by atoms with Gasteiger partial charge in [-0.05, 0) is 38.5 Å². The van der Waals surface area contributed by atoms with Gasteiger partial charge in [-0.15, -0.1) is 10.2 Å². The molecule has 0 bridgehead atoms. The van der Waals surface area contributed by atoms with E-state index in [1.807, 2.05) is 55.7 Å². The van der Waals surface area contributed by atoms with Crippen molar-refractivity contribution in [2.75, 3.05) is 5.75 Å². The molecule has 7 heteroatoms. The van der Waals surface area contributed by atoms with E-state index < -0.39 is 0 Å². The molecule has 0 aliphatic carbocycles. The number of nitrogens with one attached hydrogen (secondary N) is 1. The average molecular weight is 399 g/mol. The van der Waals surface area contributed by atoms with Crippen LogP contribution in [0, 0.1) is 5.82 Å². The number of carbonyl (C=O) groups excluding carboxylic acids is 1. The van der Waals surface area contributed by atoms with E-state index in [1.54, 1.807) is 18.2 Å². The Morgan fingerprint density at radius 3 is 2.43 bits per heavy atom. The topological polar surface area (TPSA) is 59.8 Å². The largest absolute Gasteiger partial charge is 0.349 e. The van der Waals surface area contributed by atoms with Gasteiger partial charge in [0.1, 0.15) is 5.82 Å². The van der Waals surface area contributed by atoms with E-state index in [0.717, 1.165) is 5.56 Å². The fraction of sp³-hybridized carbons (Fsp3) is 0.286. The molecule has 1 atom stereocenters. The molecule has 5 nitrogen and oxygen atoms in total. The van der Waals surface area contributed by atoms with Gasteiger partial charge >= 0.3 is 0 Å². The number of hydrogen-bond acceptors (Lipinski definition) is 4. The smallest absolute Gasteiger partial charge is 0.230 e. The predicted molar refractivity (Wildman–Crippen MR) is 110 cm³/mol. The van der Waals surface area contributed by atoms with Crippen molar-refractivity contribution in [1.82, 2.24) is 20.1 Å². The third kappa shape index (κ3) is 4.59. The highest BCUT2D eigenvalue weighted by molar-refractivity contribution is 7.99. The van der Waals surface area contributed by atoms with Crippen molar-refractivity contribution in [3.8, 4) is 11.4 Å². The summed E-state index contributed by atoms with van der Waals surface area (Å²) in [6.07, 6.45) is 0. The van der Waals surface area contributed by atoms with E-state index >= 15 is 0 Å². The average Bonchev–Trinajstić information content (AvgIpc) is 3.11. The van der Waals surface area contributed by atoms with Crippen LogP contribution in [0.3, 0.4) is 0 Å². The van der Waals surface area contributed by atoms with Crippen LogP contribution in [0.2, 0.25) is 0 Å². The molecule has 28 heavy (non-hydrogen) atoms. The van der Waals surface area contributed by atoms with Crippen LogP contribution >= 0.6 is 11.8 Å². The Kier molecular flexibility index (Phi) is 6.46. The number of amides is 1. The zero-order chi connectivity index (χ0) is 20.1. The van der Waals surface area contributed by atoms with Crippen molar-refractivity contribution in [2.24, 2.45) is 0 Å². The van der Waals surface area contributed by atoms with E-state index in [4.69, 9.17) is 0 Å². The molecule has 1 aromatic heterocycles. The summed E-state index contributed by atoms with van der Waals surface area (Å²) in [7, 11) is 0. The minimum absolute atomic E-state index is 0.0263. The van der Waals surface area contributed by atoms with Gasteiger partial charge in [0.15, 0.2) is 11.0 Å². The normalized spacial score (nSPS) is 12.2. The zero-order valence-corrected chi connectivity index (χ0v) is 16.9. The molecule has 1 amide bonds. The summed E-state index contributed by atoms with van der Waals surface area (Å²) in [5.74, 6) is 0.239. The first-order chi connectivity index (χ1) is 13.5. The second kappa shape index (κ2) is 9.01. The third-order valence-corrected chi connectivity index (χ3v) is 5.25. The molecule has 0 radical (unpaired) electrons. The van der Waals surface area contributed by atoms with E-state index in [9.17, 15) is 9.18 Å². The van der Waals surface area contributed by atoms with Gasteiger partial charge in [-0.2, -0.15) is 0 Å². The van der Waals surface area contributed by atoms with Crippen molar-refractivity contribution in [2.45, 2.75) is 38.0 Å². The Morgan fingerprint density at radius 1 is 1.07 bits per heavy atom. The van der Waals surface area contributed by atoms with Gasteiger partial charge < -0.3 is 5.32 Å². The van der Waals surface area contributed by atoms with Gasteiger partial charge in [0.25, 0.3) is 0 Å². The van der Waals surface area contributed by atoms with Gasteiger partial charge in [-0.1, -0.05) is 54.2 Å². The fourth-order valence-corrected chi connectivity index (χ4v) is 3.78. The second-order valence-corrected chi connectivity index (χ2v) is 7.68. The van der Waals surface area contributed by atoms with Gasteiger partial charge in [-0.3, -0.25) is 9.36 Å². The van der Waals surface area contributed by atoms with Crippen molar-refractivity contribution < 1.29 is 9.18 Å². The number of carbonyl (C=O) groups is 1. The summed E-state index contributed by atoms with van der Waals surface area (Å²) >= 11 is 1.30. The van der Waals surface area contributed by atoms with Crippen molar-refractivity contribution >= 4 is 17.7 Å². The van der Waals surface area contributed by atoms with Gasteiger partial charge in [0, 0.05) is 6.04 Å². The van der Waals surface area contributed by atoms with Crippen LogP contribution in [-0.4, -0.2) is 26.4 Å². The van der Waals surface area contributed by atoms with Crippen LogP contribution in [0.15, 0.2) is 59.8 Å². The first kappa shape index (κ1) is 20.1. The molecule has 146 valence electrons. The van der Waals surface area contributed by atoms with Crippen molar-refractivity contribution in [1.29, 1.82) is 0 Å². The molecular weight excluding hydrogens is 375 g/mol. The van der Waals surface area contributed by atoms with Crippen LogP contribution in [0.4, 0.5) is 4.39 Å². The summed E-state index contributed by atoms with van der Waals surface area (Å²) < 4.78 is 16.1. The fourth-order valence-electron chi connectivity index (χ4n) is 2.91. The maximum atomic E-state index is 14.2. The van der Waals surface area contributed by atoms with Crippen LogP contribution < -0.4 is 5.32 Å². The summed E-state index contributed by atoms with van der Waals surface area (Å²) in [6.45, 7) is 5.91. The third-order valence-electron chi connectivity index (χ3n) is 4.31. The lowest BCUT2D eigenvalue weighted by Gasteiger charge is -2.15. The maximum Gasteiger partial charge on any atom is 0.230 e. The Labute approximate surface area is 168 Å². The summed E-state index contributed by atoms with van der Waals surface area (Å²) in [5.41, 5.74) is 1.45. The van der Waals surface area contributed by atoms with Gasteiger partial charge in [-0.25, -0.2) is 4.39 Å². The highest BCUT2D eigenvalue weighted by Gasteiger charge is 2.20. The molecule has 1 N–H and O–H groups in total. The van der Waals surface area contributed by atoms with Crippen LogP contribution in [0.1, 0.15) is 38.4 Å². The molecular formula is C21H23FN4OS. The van der Waals surface area contributed by atoms with E-state index in [1.165, 1.54) is 17.8 Å². The highest BCUT2D eigenvalue weighted by Crippen LogP contribution is 2.29. The number of nitrogens with zero attached hydrogens (tertiary/aromatic N) is 3. The molecule has 0 aliphatic rings. The number of halogens is 1.